The number of guanidine groups is 1. The molecule has 0 aromatic heterocycles. The third-order valence-corrected chi connectivity index (χ3v) is 5.29. The lowest BCUT2D eigenvalue weighted by Gasteiger charge is -2.21. The molecule has 2 aromatic rings. The molecule has 6 heteroatoms. The molecule has 31 heavy (non-hydrogen) atoms. The van der Waals surface area contributed by atoms with Crippen LogP contribution >= 0.6 is 0 Å². The van der Waals surface area contributed by atoms with E-state index in [0.29, 0.717) is 19.8 Å². The summed E-state index contributed by atoms with van der Waals surface area (Å²) in [4.78, 5) is 6.81. The molecule has 0 spiro atoms. The fourth-order valence-electron chi connectivity index (χ4n) is 3.33. The van der Waals surface area contributed by atoms with E-state index < -0.39 is 0 Å². The Labute approximate surface area is 187 Å². The molecule has 6 nitrogen and oxygen atoms in total. The number of ether oxygens (including phenoxy) is 2. The summed E-state index contributed by atoms with van der Waals surface area (Å²) >= 11 is 0. The van der Waals surface area contributed by atoms with Gasteiger partial charge in [0, 0.05) is 39.4 Å². The lowest BCUT2D eigenvalue weighted by molar-refractivity contribution is 0.145. The van der Waals surface area contributed by atoms with Crippen molar-refractivity contribution in [2.45, 2.75) is 40.4 Å². The normalized spacial score (nSPS) is 11.6. The Morgan fingerprint density at radius 2 is 1.61 bits per heavy atom. The number of benzene rings is 2. The summed E-state index contributed by atoms with van der Waals surface area (Å²) < 4.78 is 11.0. The molecule has 0 fully saturated rings. The minimum Gasteiger partial charge on any atom is -0.491 e. The number of aryl methyl sites for hydroxylation is 1. The summed E-state index contributed by atoms with van der Waals surface area (Å²) in [7, 11) is 3.47. The van der Waals surface area contributed by atoms with Gasteiger partial charge in [-0.2, -0.15) is 0 Å². The van der Waals surface area contributed by atoms with Crippen molar-refractivity contribution >= 4 is 5.96 Å². The molecule has 0 bridgehead atoms. The molecule has 0 unspecified atom stereocenters. The van der Waals surface area contributed by atoms with Crippen LogP contribution in [0, 0.1) is 6.92 Å². The van der Waals surface area contributed by atoms with Crippen LogP contribution in [0.4, 0.5) is 0 Å². The van der Waals surface area contributed by atoms with Crippen molar-refractivity contribution in [1.82, 2.24) is 15.5 Å². The van der Waals surface area contributed by atoms with Crippen LogP contribution in [0.1, 0.15) is 36.1 Å². The first-order valence-electron chi connectivity index (χ1n) is 11.1. The van der Waals surface area contributed by atoms with Crippen molar-refractivity contribution in [2.24, 2.45) is 4.99 Å². The van der Waals surface area contributed by atoms with E-state index in [9.17, 15) is 0 Å². The Bertz CT molecular complexity index is 819. The zero-order valence-corrected chi connectivity index (χ0v) is 19.7. The highest BCUT2D eigenvalue weighted by molar-refractivity contribution is 5.79. The van der Waals surface area contributed by atoms with Crippen molar-refractivity contribution in [3.63, 3.8) is 0 Å². The van der Waals surface area contributed by atoms with Crippen LogP contribution in [-0.4, -0.2) is 51.3 Å². The largest absolute Gasteiger partial charge is 0.491 e. The van der Waals surface area contributed by atoms with Gasteiger partial charge in [0.1, 0.15) is 12.4 Å². The summed E-state index contributed by atoms with van der Waals surface area (Å²) in [5, 5.41) is 6.85. The standard InChI is InChI=1S/C25H38N4O2/c1-6-29(7-2)19-23-11-9-8-10-21(23)17-27-25(26-4)28-18-22-13-12-20(3)16-24(22)31-15-14-30-5/h8-13,16H,6-7,14-15,17-19H2,1-5H3,(H2,26,27,28). The summed E-state index contributed by atoms with van der Waals surface area (Å²) in [6.45, 7) is 12.0. The zero-order valence-electron chi connectivity index (χ0n) is 19.7. The van der Waals surface area contributed by atoms with E-state index in [2.05, 4.69) is 83.8 Å². The van der Waals surface area contributed by atoms with Gasteiger partial charge >= 0.3 is 0 Å². The van der Waals surface area contributed by atoms with Crippen molar-refractivity contribution in [2.75, 3.05) is 40.5 Å². The maximum absolute atomic E-state index is 5.90. The predicted octanol–water partition coefficient (Wildman–Crippen LogP) is 3.73. The lowest BCUT2D eigenvalue weighted by atomic mass is 10.1. The molecular formula is C25H38N4O2. The molecule has 0 aliphatic carbocycles. The zero-order chi connectivity index (χ0) is 22.5. The molecule has 0 saturated carbocycles. The monoisotopic (exact) mass is 426 g/mol. The van der Waals surface area contributed by atoms with Crippen LogP contribution in [0.25, 0.3) is 0 Å². The van der Waals surface area contributed by atoms with E-state index in [-0.39, 0.29) is 0 Å². The first-order valence-corrected chi connectivity index (χ1v) is 11.1. The molecule has 0 aliphatic heterocycles. The second-order valence-corrected chi connectivity index (χ2v) is 7.46. The molecule has 2 N–H and O–H groups in total. The topological polar surface area (TPSA) is 58.1 Å². The Hall–Kier alpha value is -2.57. The van der Waals surface area contributed by atoms with Crippen LogP contribution < -0.4 is 15.4 Å². The van der Waals surface area contributed by atoms with E-state index in [0.717, 1.165) is 43.5 Å². The second-order valence-electron chi connectivity index (χ2n) is 7.46. The van der Waals surface area contributed by atoms with E-state index in [1.807, 2.05) is 0 Å². The van der Waals surface area contributed by atoms with Gasteiger partial charge in [0.2, 0.25) is 0 Å². The highest BCUT2D eigenvalue weighted by Gasteiger charge is 2.09. The molecule has 170 valence electrons. The maximum atomic E-state index is 5.90. The quantitative estimate of drug-likeness (QED) is 0.308. The Morgan fingerprint density at radius 1 is 0.935 bits per heavy atom. The average Bonchev–Trinajstić information content (AvgIpc) is 2.79. The van der Waals surface area contributed by atoms with Crippen LogP contribution in [0.5, 0.6) is 5.75 Å². The van der Waals surface area contributed by atoms with Crippen molar-refractivity contribution in [1.29, 1.82) is 0 Å². The van der Waals surface area contributed by atoms with Gasteiger partial charge < -0.3 is 20.1 Å². The molecule has 0 amide bonds. The van der Waals surface area contributed by atoms with E-state index in [1.54, 1.807) is 14.2 Å². The number of methoxy groups -OCH3 is 1. The number of aliphatic imine (C=N–C) groups is 1. The van der Waals surface area contributed by atoms with Gasteiger partial charge in [-0.25, -0.2) is 0 Å². The summed E-state index contributed by atoms with van der Waals surface area (Å²) in [6, 6.07) is 14.8. The molecule has 0 aliphatic rings. The number of nitrogens with zero attached hydrogens (tertiary/aromatic N) is 2. The highest BCUT2D eigenvalue weighted by Crippen LogP contribution is 2.20. The van der Waals surface area contributed by atoms with Gasteiger partial charge in [-0.05, 0) is 42.8 Å². The molecular weight excluding hydrogens is 388 g/mol. The van der Waals surface area contributed by atoms with E-state index >= 15 is 0 Å². The molecule has 0 radical (unpaired) electrons. The van der Waals surface area contributed by atoms with Gasteiger partial charge in [-0.1, -0.05) is 50.2 Å². The van der Waals surface area contributed by atoms with Crippen molar-refractivity contribution < 1.29 is 9.47 Å². The Kier molecular flexibility index (Phi) is 10.9. The Balaban J connectivity index is 1.97. The molecule has 2 rings (SSSR count). The van der Waals surface area contributed by atoms with Gasteiger partial charge in [0.15, 0.2) is 5.96 Å². The maximum Gasteiger partial charge on any atom is 0.191 e. The van der Waals surface area contributed by atoms with Gasteiger partial charge in [0.05, 0.1) is 6.61 Å². The minimum atomic E-state index is 0.531. The van der Waals surface area contributed by atoms with Crippen LogP contribution in [-0.2, 0) is 24.4 Å². The molecule has 0 heterocycles. The van der Waals surface area contributed by atoms with E-state index in [4.69, 9.17) is 9.47 Å². The predicted molar refractivity (Wildman–Crippen MR) is 129 cm³/mol. The fourth-order valence-corrected chi connectivity index (χ4v) is 3.33. The minimum absolute atomic E-state index is 0.531. The smallest absolute Gasteiger partial charge is 0.191 e. The highest BCUT2D eigenvalue weighted by atomic mass is 16.5. The number of nitrogens with one attached hydrogen (secondary N) is 2. The first kappa shape index (κ1) is 24.7. The average molecular weight is 427 g/mol. The first-order chi connectivity index (χ1) is 15.1. The van der Waals surface area contributed by atoms with Crippen LogP contribution in [0.3, 0.4) is 0 Å². The summed E-state index contributed by atoms with van der Waals surface area (Å²) in [5.41, 5.74) is 4.90. The number of hydrogen-bond acceptors (Lipinski definition) is 4. The Morgan fingerprint density at radius 3 is 2.26 bits per heavy atom. The number of hydrogen-bond donors (Lipinski definition) is 2. The van der Waals surface area contributed by atoms with Crippen LogP contribution in [0.2, 0.25) is 0 Å². The van der Waals surface area contributed by atoms with Gasteiger partial charge in [0.25, 0.3) is 0 Å². The van der Waals surface area contributed by atoms with Crippen molar-refractivity contribution in [3.8, 4) is 5.75 Å². The molecule has 0 saturated heterocycles. The summed E-state index contributed by atoms with van der Waals surface area (Å²) in [5.74, 6) is 1.64. The number of rotatable bonds is 12. The third-order valence-electron chi connectivity index (χ3n) is 5.29. The second kappa shape index (κ2) is 13.7. The van der Waals surface area contributed by atoms with Crippen molar-refractivity contribution in [3.05, 3.63) is 64.7 Å². The van der Waals surface area contributed by atoms with Gasteiger partial charge in [-0.15, -0.1) is 0 Å². The summed E-state index contributed by atoms with van der Waals surface area (Å²) in [6.07, 6.45) is 0. The van der Waals surface area contributed by atoms with E-state index in [1.165, 1.54) is 16.7 Å². The van der Waals surface area contributed by atoms with Crippen LogP contribution in [0.15, 0.2) is 47.5 Å². The molecule has 2 aromatic carbocycles. The lowest BCUT2D eigenvalue weighted by Crippen LogP contribution is -2.36. The van der Waals surface area contributed by atoms with Gasteiger partial charge in [-0.3, -0.25) is 9.89 Å². The SMILES string of the molecule is CCN(CC)Cc1ccccc1CNC(=NC)NCc1ccc(C)cc1OCCOC. The fraction of sp³-hybridized carbons (Fsp3) is 0.480. The third kappa shape index (κ3) is 8.23. The molecule has 0 atom stereocenters.